The normalized spacial score (nSPS) is 22.6. The molecule has 0 amide bonds. The zero-order valence-electron chi connectivity index (χ0n) is 18.7. The number of halogens is 4. The molecule has 5 rings (SSSR count). The van der Waals surface area contributed by atoms with Crippen molar-refractivity contribution in [1.82, 2.24) is 24.6 Å². The SMILES string of the molecule is Cn1c(SCCCN2CC[C@]3(C[C@H]3c3ccc(C(F)(F)F)cc3F)C2)nnc1-c1ccncc1. The number of pyridine rings is 1. The lowest BCUT2D eigenvalue weighted by Gasteiger charge is -2.16. The van der Waals surface area contributed by atoms with Gasteiger partial charge in [-0.25, -0.2) is 4.39 Å². The Morgan fingerprint density at radius 3 is 2.68 bits per heavy atom. The van der Waals surface area contributed by atoms with E-state index in [1.807, 2.05) is 23.7 Å². The van der Waals surface area contributed by atoms with Gasteiger partial charge in [0.25, 0.3) is 0 Å². The third-order valence-electron chi connectivity index (χ3n) is 6.98. The molecule has 0 bridgehead atoms. The van der Waals surface area contributed by atoms with Crippen LogP contribution in [-0.4, -0.2) is 50.0 Å². The van der Waals surface area contributed by atoms with E-state index in [4.69, 9.17) is 0 Å². The quantitative estimate of drug-likeness (QED) is 0.252. The predicted molar refractivity (Wildman–Crippen MR) is 122 cm³/mol. The number of benzene rings is 1. The van der Waals surface area contributed by atoms with Gasteiger partial charge in [0.15, 0.2) is 11.0 Å². The van der Waals surface area contributed by atoms with Crippen LogP contribution < -0.4 is 0 Å². The van der Waals surface area contributed by atoms with E-state index in [-0.39, 0.29) is 11.3 Å². The first-order valence-corrected chi connectivity index (χ1v) is 12.3. The summed E-state index contributed by atoms with van der Waals surface area (Å²) in [6.07, 6.45) is 1.74. The van der Waals surface area contributed by atoms with Crippen LogP contribution in [0.3, 0.4) is 0 Å². The molecule has 1 saturated heterocycles. The van der Waals surface area contributed by atoms with Crippen molar-refractivity contribution in [3.8, 4) is 11.4 Å². The first kappa shape index (κ1) is 23.3. The second kappa shape index (κ2) is 8.96. The van der Waals surface area contributed by atoms with Crippen LogP contribution in [0.1, 0.15) is 36.3 Å². The van der Waals surface area contributed by atoms with E-state index in [1.54, 1.807) is 24.2 Å². The molecule has 5 nitrogen and oxygen atoms in total. The molecule has 1 aliphatic heterocycles. The summed E-state index contributed by atoms with van der Waals surface area (Å²) in [5, 5.41) is 9.46. The van der Waals surface area contributed by atoms with Crippen LogP contribution in [0.15, 0.2) is 47.9 Å². The van der Waals surface area contributed by atoms with Crippen molar-refractivity contribution in [2.45, 2.75) is 36.5 Å². The second-order valence-electron chi connectivity index (χ2n) is 9.18. The molecular weight excluding hydrogens is 466 g/mol. The Morgan fingerprint density at radius 1 is 1.15 bits per heavy atom. The summed E-state index contributed by atoms with van der Waals surface area (Å²) in [5.74, 6) is 0.991. The summed E-state index contributed by atoms with van der Waals surface area (Å²) in [6.45, 7) is 2.75. The van der Waals surface area contributed by atoms with Crippen molar-refractivity contribution in [2.75, 3.05) is 25.4 Å². The Balaban J connectivity index is 1.11. The van der Waals surface area contributed by atoms with Crippen LogP contribution in [0.5, 0.6) is 0 Å². The van der Waals surface area contributed by atoms with Gasteiger partial charge < -0.3 is 9.47 Å². The molecule has 10 heteroatoms. The predicted octanol–water partition coefficient (Wildman–Crippen LogP) is 5.40. The summed E-state index contributed by atoms with van der Waals surface area (Å²) < 4.78 is 54.9. The molecule has 1 aliphatic carbocycles. The van der Waals surface area contributed by atoms with Crippen LogP contribution in [0, 0.1) is 11.2 Å². The van der Waals surface area contributed by atoms with Gasteiger partial charge in [0.1, 0.15) is 5.82 Å². The monoisotopic (exact) mass is 491 g/mol. The van der Waals surface area contributed by atoms with Crippen molar-refractivity contribution in [3.63, 3.8) is 0 Å². The molecule has 0 N–H and O–H groups in total. The number of hydrogen-bond donors (Lipinski definition) is 0. The second-order valence-corrected chi connectivity index (χ2v) is 10.2. The Bertz CT molecular complexity index is 1170. The highest BCUT2D eigenvalue weighted by Crippen LogP contribution is 2.64. The molecule has 1 spiro atoms. The zero-order chi connectivity index (χ0) is 23.9. The Kier molecular flexibility index (Phi) is 6.14. The van der Waals surface area contributed by atoms with Crippen LogP contribution in [0.2, 0.25) is 0 Å². The molecular formula is C24H25F4N5S. The molecule has 180 valence electrons. The maximum absolute atomic E-state index is 14.4. The fraction of sp³-hybridized carbons (Fsp3) is 0.458. The van der Waals surface area contributed by atoms with Crippen LogP contribution in [0.25, 0.3) is 11.4 Å². The van der Waals surface area contributed by atoms with Gasteiger partial charge in [-0.05, 0) is 73.5 Å². The van der Waals surface area contributed by atoms with Crippen LogP contribution in [-0.2, 0) is 13.2 Å². The number of alkyl halides is 3. The largest absolute Gasteiger partial charge is 0.416 e. The van der Waals surface area contributed by atoms with Gasteiger partial charge in [0, 0.05) is 37.3 Å². The minimum absolute atomic E-state index is 0.0107. The molecule has 1 aromatic carbocycles. The minimum atomic E-state index is -4.52. The molecule has 2 aliphatic rings. The molecule has 34 heavy (non-hydrogen) atoms. The Hall–Kier alpha value is -2.46. The third kappa shape index (κ3) is 4.57. The number of rotatable bonds is 7. The average molecular weight is 492 g/mol. The molecule has 1 saturated carbocycles. The Morgan fingerprint density at radius 2 is 1.94 bits per heavy atom. The standard InChI is InChI=1S/C24H25F4N5S/c1-32-21(16-5-8-29-9-6-16)30-31-22(32)34-12-2-10-33-11-7-23(15-33)14-19(23)18-4-3-17(13-20(18)25)24(26,27)28/h3-6,8-9,13,19H,2,7,10-12,14-15H2,1H3/t19-,23-/m0/s1. The van der Waals surface area contributed by atoms with E-state index >= 15 is 0 Å². The van der Waals surface area contributed by atoms with E-state index in [0.717, 1.165) is 67.3 Å². The number of likely N-dealkylation sites (tertiary alicyclic amines) is 1. The van der Waals surface area contributed by atoms with E-state index in [0.29, 0.717) is 11.6 Å². The smallest absolute Gasteiger partial charge is 0.305 e. The van der Waals surface area contributed by atoms with E-state index in [2.05, 4.69) is 20.1 Å². The van der Waals surface area contributed by atoms with Crippen LogP contribution >= 0.6 is 11.8 Å². The summed E-state index contributed by atoms with van der Waals surface area (Å²) in [7, 11) is 1.95. The first-order valence-electron chi connectivity index (χ1n) is 11.3. The van der Waals surface area contributed by atoms with Gasteiger partial charge >= 0.3 is 6.18 Å². The summed E-state index contributed by atoms with van der Waals surface area (Å²) in [4.78, 5) is 6.42. The van der Waals surface area contributed by atoms with Gasteiger partial charge in [-0.1, -0.05) is 17.8 Å². The zero-order valence-corrected chi connectivity index (χ0v) is 19.5. The van der Waals surface area contributed by atoms with Crippen molar-refractivity contribution in [1.29, 1.82) is 0 Å². The maximum atomic E-state index is 14.4. The molecule has 3 aromatic rings. The lowest BCUT2D eigenvalue weighted by atomic mass is 9.97. The summed E-state index contributed by atoms with van der Waals surface area (Å²) in [6, 6.07) is 6.78. The summed E-state index contributed by atoms with van der Waals surface area (Å²) in [5.41, 5.74) is 0.488. The number of thioether (sulfide) groups is 1. The summed E-state index contributed by atoms with van der Waals surface area (Å²) >= 11 is 1.67. The van der Waals surface area contributed by atoms with Gasteiger partial charge in [-0.2, -0.15) is 13.2 Å². The lowest BCUT2D eigenvalue weighted by molar-refractivity contribution is -0.137. The van der Waals surface area contributed by atoms with Gasteiger partial charge in [-0.15, -0.1) is 10.2 Å². The molecule has 0 radical (unpaired) electrons. The van der Waals surface area contributed by atoms with Gasteiger partial charge in [0.05, 0.1) is 5.56 Å². The number of hydrogen-bond acceptors (Lipinski definition) is 5. The van der Waals surface area contributed by atoms with Gasteiger partial charge in [0.2, 0.25) is 0 Å². The van der Waals surface area contributed by atoms with E-state index < -0.39 is 17.6 Å². The first-order chi connectivity index (χ1) is 16.3. The van der Waals surface area contributed by atoms with E-state index in [9.17, 15) is 17.6 Å². The highest BCUT2D eigenvalue weighted by atomic mass is 32.2. The highest BCUT2D eigenvalue weighted by Gasteiger charge is 2.58. The Labute approximate surface area is 199 Å². The third-order valence-corrected chi connectivity index (χ3v) is 8.09. The van der Waals surface area contributed by atoms with Crippen molar-refractivity contribution in [3.05, 3.63) is 59.7 Å². The molecule has 2 atom stereocenters. The average Bonchev–Trinajstić information content (AvgIpc) is 3.14. The molecule has 2 aromatic heterocycles. The fourth-order valence-corrected chi connectivity index (χ4v) is 5.88. The topological polar surface area (TPSA) is 46.8 Å². The van der Waals surface area contributed by atoms with Crippen LogP contribution in [0.4, 0.5) is 17.6 Å². The number of nitrogens with zero attached hydrogens (tertiary/aromatic N) is 5. The highest BCUT2D eigenvalue weighted by molar-refractivity contribution is 7.99. The fourth-order valence-electron chi connectivity index (χ4n) is 5.04. The van der Waals surface area contributed by atoms with Gasteiger partial charge in [-0.3, -0.25) is 4.98 Å². The number of aromatic nitrogens is 4. The molecule has 2 fully saturated rings. The molecule has 0 unspecified atom stereocenters. The van der Waals surface area contributed by atoms with Crippen molar-refractivity contribution < 1.29 is 17.6 Å². The molecule has 3 heterocycles. The lowest BCUT2D eigenvalue weighted by Crippen LogP contribution is -2.23. The van der Waals surface area contributed by atoms with Crippen molar-refractivity contribution in [2.24, 2.45) is 12.5 Å². The van der Waals surface area contributed by atoms with Crippen molar-refractivity contribution >= 4 is 11.8 Å². The maximum Gasteiger partial charge on any atom is 0.416 e. The van der Waals surface area contributed by atoms with E-state index in [1.165, 1.54) is 6.07 Å². The minimum Gasteiger partial charge on any atom is -0.305 e.